The van der Waals surface area contributed by atoms with Crippen LogP contribution in [0.3, 0.4) is 0 Å². The van der Waals surface area contributed by atoms with Crippen LogP contribution in [0.15, 0.2) is 0 Å². The molecule has 1 atom stereocenters. The average molecular weight is 271 g/mol. The Kier molecular flexibility index (Phi) is 6.80. The van der Waals surface area contributed by atoms with Gasteiger partial charge in [0.1, 0.15) is 0 Å². The quantitative estimate of drug-likeness (QED) is 0.752. The third-order valence-corrected chi connectivity index (χ3v) is 3.50. The Morgan fingerprint density at radius 2 is 1.74 bits per heavy atom. The van der Waals surface area contributed by atoms with Gasteiger partial charge in [0.25, 0.3) is 0 Å². The van der Waals surface area contributed by atoms with Crippen molar-refractivity contribution in [2.45, 2.75) is 32.3 Å². The summed E-state index contributed by atoms with van der Waals surface area (Å²) in [4.78, 5) is 27.4. The van der Waals surface area contributed by atoms with Crippen molar-refractivity contribution in [2.24, 2.45) is 5.73 Å². The lowest BCUT2D eigenvalue weighted by Crippen LogP contribution is -2.39. The predicted molar refractivity (Wildman–Crippen MR) is 72.5 cm³/mol. The lowest BCUT2D eigenvalue weighted by Gasteiger charge is -2.23. The molecule has 1 unspecified atom stereocenters. The largest absolute Gasteiger partial charge is 0.380 e. The highest BCUT2D eigenvalue weighted by atomic mass is 16.5. The topological polar surface area (TPSA) is 75.9 Å². The molecule has 0 spiro atoms. The molecule has 19 heavy (non-hydrogen) atoms. The van der Waals surface area contributed by atoms with Crippen LogP contribution in [0, 0.1) is 0 Å². The molecule has 0 aromatic heterocycles. The van der Waals surface area contributed by atoms with Gasteiger partial charge in [-0.05, 0) is 6.42 Å². The van der Waals surface area contributed by atoms with Crippen LogP contribution in [0.5, 0.6) is 0 Å². The van der Waals surface area contributed by atoms with Crippen molar-refractivity contribution < 1.29 is 14.3 Å². The number of nitrogens with zero attached hydrogens (tertiary/aromatic N) is 2. The van der Waals surface area contributed by atoms with E-state index in [-0.39, 0.29) is 17.9 Å². The predicted octanol–water partition coefficient (Wildman–Crippen LogP) is -0.179. The van der Waals surface area contributed by atoms with Crippen molar-refractivity contribution in [2.75, 3.05) is 39.8 Å². The van der Waals surface area contributed by atoms with Crippen LogP contribution in [0.4, 0.5) is 0 Å². The van der Waals surface area contributed by atoms with Crippen LogP contribution in [-0.2, 0) is 14.3 Å². The molecule has 2 amide bonds. The minimum absolute atomic E-state index is 0.0584. The van der Waals surface area contributed by atoms with E-state index in [1.54, 1.807) is 7.11 Å². The summed E-state index contributed by atoms with van der Waals surface area (Å²) in [5.74, 6) is 0.217. The zero-order valence-corrected chi connectivity index (χ0v) is 11.9. The molecule has 1 aliphatic heterocycles. The van der Waals surface area contributed by atoms with Crippen LogP contribution < -0.4 is 5.73 Å². The zero-order valence-electron chi connectivity index (χ0n) is 11.9. The van der Waals surface area contributed by atoms with Gasteiger partial charge in [-0.3, -0.25) is 9.59 Å². The molecule has 1 aliphatic rings. The van der Waals surface area contributed by atoms with E-state index < -0.39 is 0 Å². The number of methoxy groups -OCH3 is 1. The number of hydrogen-bond donors (Lipinski definition) is 1. The molecule has 1 rings (SSSR count). The van der Waals surface area contributed by atoms with Gasteiger partial charge in [0.15, 0.2) is 0 Å². The van der Waals surface area contributed by atoms with Gasteiger partial charge in [0.05, 0.1) is 12.5 Å². The van der Waals surface area contributed by atoms with Gasteiger partial charge in [-0.25, -0.2) is 0 Å². The Labute approximate surface area is 114 Å². The van der Waals surface area contributed by atoms with Crippen molar-refractivity contribution in [3.63, 3.8) is 0 Å². The van der Waals surface area contributed by atoms with E-state index in [1.165, 1.54) is 0 Å². The number of carbonyl (C=O) groups is 2. The number of carbonyl (C=O) groups excluding carboxylic acids is 2. The van der Waals surface area contributed by atoms with Gasteiger partial charge in [0, 0.05) is 46.3 Å². The Morgan fingerprint density at radius 1 is 1.16 bits per heavy atom. The van der Waals surface area contributed by atoms with Crippen LogP contribution >= 0.6 is 0 Å². The molecule has 0 aliphatic carbocycles. The van der Waals surface area contributed by atoms with E-state index in [4.69, 9.17) is 10.5 Å². The summed E-state index contributed by atoms with van der Waals surface area (Å²) in [6, 6.07) is 0. The lowest BCUT2D eigenvalue weighted by molar-refractivity contribution is -0.135. The monoisotopic (exact) mass is 271 g/mol. The van der Waals surface area contributed by atoms with Crippen LogP contribution in [0.25, 0.3) is 0 Å². The highest BCUT2D eigenvalue weighted by molar-refractivity contribution is 5.78. The number of hydrogen-bond acceptors (Lipinski definition) is 4. The standard InChI is InChI=1S/C13H25N3O3/c1-3-12(17)15-5-4-6-16(8-7-15)13(18)9-11(10-14)19-2/h11H,3-10,14H2,1-2H3. The number of nitrogens with two attached hydrogens (primary N) is 1. The highest BCUT2D eigenvalue weighted by Gasteiger charge is 2.22. The van der Waals surface area contributed by atoms with Crippen molar-refractivity contribution in [3.05, 3.63) is 0 Å². The van der Waals surface area contributed by atoms with Crippen LogP contribution in [0.2, 0.25) is 0 Å². The van der Waals surface area contributed by atoms with E-state index in [0.29, 0.717) is 39.0 Å². The zero-order chi connectivity index (χ0) is 14.3. The van der Waals surface area contributed by atoms with E-state index >= 15 is 0 Å². The molecular formula is C13H25N3O3. The molecule has 0 bridgehead atoms. The number of amides is 2. The molecule has 1 fully saturated rings. The number of rotatable bonds is 5. The third kappa shape index (κ3) is 4.80. The summed E-state index contributed by atoms with van der Waals surface area (Å²) in [6.07, 6.45) is 1.45. The average Bonchev–Trinajstić information content (AvgIpc) is 2.69. The van der Waals surface area contributed by atoms with Gasteiger partial charge in [-0.1, -0.05) is 6.92 Å². The molecule has 0 radical (unpaired) electrons. The SMILES string of the molecule is CCC(=O)N1CCCN(C(=O)CC(CN)OC)CC1. The van der Waals surface area contributed by atoms with E-state index in [1.807, 2.05) is 16.7 Å². The Bertz CT molecular complexity index is 306. The minimum atomic E-state index is -0.218. The second-order valence-corrected chi connectivity index (χ2v) is 4.77. The first kappa shape index (κ1) is 15.9. The molecule has 1 saturated heterocycles. The molecule has 2 N–H and O–H groups in total. The smallest absolute Gasteiger partial charge is 0.225 e. The fraction of sp³-hybridized carbons (Fsp3) is 0.846. The van der Waals surface area contributed by atoms with Crippen molar-refractivity contribution in [3.8, 4) is 0 Å². The first-order valence-corrected chi connectivity index (χ1v) is 6.90. The summed E-state index contributed by atoms with van der Waals surface area (Å²) in [7, 11) is 1.56. The maximum Gasteiger partial charge on any atom is 0.225 e. The van der Waals surface area contributed by atoms with Crippen LogP contribution in [-0.4, -0.2) is 67.6 Å². The summed E-state index contributed by atoms with van der Waals surface area (Å²) < 4.78 is 5.13. The van der Waals surface area contributed by atoms with Crippen molar-refractivity contribution >= 4 is 11.8 Å². The molecule has 0 saturated carbocycles. The molecule has 1 heterocycles. The summed E-state index contributed by atoms with van der Waals surface area (Å²) in [5, 5.41) is 0. The van der Waals surface area contributed by atoms with Crippen LogP contribution in [0.1, 0.15) is 26.2 Å². The summed E-state index contributed by atoms with van der Waals surface area (Å²) >= 11 is 0. The van der Waals surface area contributed by atoms with Gasteiger partial charge in [-0.15, -0.1) is 0 Å². The molecule has 0 aromatic rings. The van der Waals surface area contributed by atoms with E-state index in [2.05, 4.69) is 0 Å². The van der Waals surface area contributed by atoms with Gasteiger partial charge >= 0.3 is 0 Å². The maximum atomic E-state index is 12.1. The molecule has 110 valence electrons. The van der Waals surface area contributed by atoms with Gasteiger partial charge < -0.3 is 20.3 Å². The van der Waals surface area contributed by atoms with Gasteiger partial charge in [-0.2, -0.15) is 0 Å². The molecule has 6 nitrogen and oxygen atoms in total. The molecular weight excluding hydrogens is 246 g/mol. The Balaban J connectivity index is 2.48. The normalized spacial score (nSPS) is 18.1. The fourth-order valence-electron chi connectivity index (χ4n) is 2.23. The van der Waals surface area contributed by atoms with E-state index in [0.717, 1.165) is 13.0 Å². The summed E-state index contributed by atoms with van der Waals surface area (Å²) in [5.41, 5.74) is 5.52. The Hall–Kier alpha value is -1.14. The minimum Gasteiger partial charge on any atom is -0.380 e. The summed E-state index contributed by atoms with van der Waals surface area (Å²) in [6.45, 7) is 4.87. The fourth-order valence-corrected chi connectivity index (χ4v) is 2.23. The third-order valence-electron chi connectivity index (χ3n) is 3.50. The first-order chi connectivity index (χ1) is 9.12. The second kappa shape index (κ2) is 8.12. The second-order valence-electron chi connectivity index (χ2n) is 4.77. The van der Waals surface area contributed by atoms with Crippen molar-refractivity contribution in [1.29, 1.82) is 0 Å². The Morgan fingerprint density at radius 3 is 2.21 bits per heavy atom. The van der Waals surface area contributed by atoms with E-state index in [9.17, 15) is 9.59 Å². The maximum absolute atomic E-state index is 12.1. The lowest BCUT2D eigenvalue weighted by atomic mass is 10.2. The molecule has 6 heteroatoms. The highest BCUT2D eigenvalue weighted by Crippen LogP contribution is 2.08. The number of ether oxygens (including phenoxy) is 1. The van der Waals surface area contributed by atoms with Crippen molar-refractivity contribution in [1.82, 2.24) is 9.80 Å². The first-order valence-electron chi connectivity index (χ1n) is 6.90. The molecule has 0 aromatic carbocycles. The van der Waals surface area contributed by atoms with Gasteiger partial charge in [0.2, 0.25) is 11.8 Å².